The number of hydrogen-bond acceptors (Lipinski definition) is 4. The van der Waals surface area contributed by atoms with E-state index >= 15 is 0 Å². The summed E-state index contributed by atoms with van der Waals surface area (Å²) in [6, 6.07) is 5.39. The maximum Gasteiger partial charge on any atom is 0.422 e. The molecule has 0 fully saturated rings. The van der Waals surface area contributed by atoms with Gasteiger partial charge in [-0.15, -0.1) is 0 Å². The third-order valence-corrected chi connectivity index (χ3v) is 2.56. The monoisotopic (exact) mass is 301 g/mol. The summed E-state index contributed by atoms with van der Waals surface area (Å²) in [6.45, 7) is -1.61. The predicted molar refractivity (Wildman–Crippen MR) is 66.8 cm³/mol. The number of aryl methyl sites for hydroxylation is 1. The van der Waals surface area contributed by atoms with Gasteiger partial charge in [-0.05, 0) is 12.1 Å². The summed E-state index contributed by atoms with van der Waals surface area (Å²) in [5.74, 6) is -0.446. The van der Waals surface area contributed by atoms with Crippen LogP contribution in [-0.2, 0) is 7.05 Å². The SMILES string of the molecule is Cn1ccc(-c2cccc([N+](=O)[O-])c2OCC(F)(F)F)n1. The molecule has 0 amide bonds. The van der Waals surface area contributed by atoms with Crippen molar-refractivity contribution in [2.75, 3.05) is 6.61 Å². The molecule has 0 bridgehead atoms. The molecule has 0 saturated heterocycles. The second-order valence-electron chi connectivity index (χ2n) is 4.19. The zero-order valence-electron chi connectivity index (χ0n) is 10.8. The minimum absolute atomic E-state index is 0.133. The minimum atomic E-state index is -4.59. The van der Waals surface area contributed by atoms with Gasteiger partial charge < -0.3 is 4.74 Å². The van der Waals surface area contributed by atoms with Crippen LogP contribution in [0.2, 0.25) is 0 Å². The molecule has 9 heteroatoms. The first kappa shape index (κ1) is 14.8. The molecule has 0 unspecified atom stereocenters. The Morgan fingerprint density at radius 2 is 2.10 bits per heavy atom. The average Bonchev–Trinajstić information content (AvgIpc) is 2.81. The van der Waals surface area contributed by atoms with Crippen LogP contribution in [0.1, 0.15) is 0 Å². The molecule has 1 aromatic carbocycles. The third kappa shape index (κ3) is 3.50. The first-order chi connectivity index (χ1) is 9.78. The highest BCUT2D eigenvalue weighted by atomic mass is 19.4. The van der Waals surface area contributed by atoms with Crippen LogP contribution in [0.5, 0.6) is 5.75 Å². The van der Waals surface area contributed by atoms with Gasteiger partial charge in [0.1, 0.15) is 0 Å². The van der Waals surface area contributed by atoms with E-state index in [9.17, 15) is 23.3 Å². The van der Waals surface area contributed by atoms with Gasteiger partial charge in [0.15, 0.2) is 6.61 Å². The lowest BCUT2D eigenvalue weighted by atomic mass is 10.1. The van der Waals surface area contributed by atoms with E-state index in [0.717, 1.165) is 6.07 Å². The lowest BCUT2D eigenvalue weighted by Gasteiger charge is -2.12. The van der Waals surface area contributed by atoms with Crippen molar-refractivity contribution in [2.24, 2.45) is 7.05 Å². The summed E-state index contributed by atoms with van der Waals surface area (Å²) in [5.41, 5.74) is -0.116. The topological polar surface area (TPSA) is 70.2 Å². The second-order valence-corrected chi connectivity index (χ2v) is 4.19. The fraction of sp³-hybridized carbons (Fsp3) is 0.250. The number of para-hydroxylation sites is 1. The predicted octanol–water partition coefficient (Wildman–Crippen LogP) is 2.94. The Hall–Kier alpha value is -2.58. The first-order valence-corrected chi connectivity index (χ1v) is 5.75. The van der Waals surface area contributed by atoms with Gasteiger partial charge in [-0.25, -0.2) is 0 Å². The number of ether oxygens (including phenoxy) is 1. The number of aromatic nitrogens is 2. The van der Waals surface area contributed by atoms with Gasteiger partial charge in [-0.3, -0.25) is 14.8 Å². The summed E-state index contributed by atoms with van der Waals surface area (Å²) in [6.07, 6.45) is -3.02. The molecule has 0 aliphatic rings. The first-order valence-electron chi connectivity index (χ1n) is 5.75. The van der Waals surface area contributed by atoms with E-state index in [2.05, 4.69) is 9.84 Å². The van der Waals surface area contributed by atoms with Crippen molar-refractivity contribution in [2.45, 2.75) is 6.18 Å². The lowest BCUT2D eigenvalue weighted by Crippen LogP contribution is -2.20. The summed E-state index contributed by atoms with van der Waals surface area (Å²) in [7, 11) is 1.62. The molecule has 6 nitrogen and oxygen atoms in total. The van der Waals surface area contributed by atoms with Gasteiger partial charge in [0.05, 0.1) is 16.2 Å². The van der Waals surface area contributed by atoms with E-state index in [1.807, 2.05) is 0 Å². The zero-order valence-corrected chi connectivity index (χ0v) is 10.8. The quantitative estimate of drug-likeness (QED) is 0.643. The Bertz CT molecular complexity index is 667. The number of nitro groups is 1. The highest BCUT2D eigenvalue weighted by molar-refractivity contribution is 5.72. The molecule has 0 aliphatic carbocycles. The van der Waals surface area contributed by atoms with Gasteiger partial charge >= 0.3 is 11.9 Å². The van der Waals surface area contributed by atoms with E-state index in [4.69, 9.17) is 0 Å². The number of nitrogens with zero attached hydrogens (tertiary/aromatic N) is 3. The molecule has 21 heavy (non-hydrogen) atoms. The molecule has 1 aromatic heterocycles. The fourth-order valence-electron chi connectivity index (χ4n) is 1.73. The summed E-state index contributed by atoms with van der Waals surface area (Å²) < 4.78 is 43.0. The van der Waals surface area contributed by atoms with Gasteiger partial charge in [-0.2, -0.15) is 18.3 Å². The minimum Gasteiger partial charge on any atom is -0.477 e. The van der Waals surface area contributed by atoms with Crippen molar-refractivity contribution in [3.8, 4) is 17.0 Å². The molecule has 0 saturated carbocycles. The average molecular weight is 301 g/mol. The number of hydrogen-bond donors (Lipinski definition) is 0. The van der Waals surface area contributed by atoms with Gasteiger partial charge in [-0.1, -0.05) is 6.07 Å². The normalized spacial score (nSPS) is 11.4. The Balaban J connectivity index is 2.49. The molecular formula is C12H10F3N3O3. The van der Waals surface area contributed by atoms with E-state index in [-0.39, 0.29) is 5.56 Å². The molecule has 2 rings (SSSR count). The highest BCUT2D eigenvalue weighted by Gasteiger charge is 2.31. The number of alkyl halides is 3. The zero-order chi connectivity index (χ0) is 15.6. The van der Waals surface area contributed by atoms with Crippen LogP contribution < -0.4 is 4.74 Å². The van der Waals surface area contributed by atoms with Crippen LogP contribution in [0, 0.1) is 10.1 Å². The lowest BCUT2D eigenvalue weighted by molar-refractivity contribution is -0.386. The van der Waals surface area contributed by atoms with E-state index in [1.54, 1.807) is 13.2 Å². The number of nitro benzene ring substituents is 1. The smallest absolute Gasteiger partial charge is 0.422 e. The van der Waals surface area contributed by atoms with Crippen LogP contribution in [0.15, 0.2) is 30.5 Å². The van der Waals surface area contributed by atoms with E-state index in [0.29, 0.717) is 5.69 Å². The Kier molecular flexibility index (Phi) is 3.83. The van der Waals surface area contributed by atoms with Crippen molar-refractivity contribution in [1.82, 2.24) is 9.78 Å². The Morgan fingerprint density at radius 3 is 2.62 bits per heavy atom. The molecule has 0 radical (unpaired) electrons. The molecule has 0 atom stereocenters. The molecule has 2 aromatic rings. The molecule has 112 valence electrons. The molecule has 0 spiro atoms. The number of halogens is 3. The second kappa shape index (κ2) is 5.43. The molecule has 0 N–H and O–H groups in total. The maximum atomic E-state index is 12.3. The van der Waals surface area contributed by atoms with Crippen LogP contribution in [0.4, 0.5) is 18.9 Å². The fourth-order valence-corrected chi connectivity index (χ4v) is 1.73. The van der Waals surface area contributed by atoms with Gasteiger partial charge in [0, 0.05) is 19.3 Å². The van der Waals surface area contributed by atoms with Crippen LogP contribution in [0.25, 0.3) is 11.3 Å². The third-order valence-electron chi connectivity index (χ3n) is 2.56. The largest absolute Gasteiger partial charge is 0.477 e. The highest BCUT2D eigenvalue weighted by Crippen LogP contribution is 2.37. The Morgan fingerprint density at radius 1 is 1.38 bits per heavy atom. The van der Waals surface area contributed by atoms with Crippen molar-refractivity contribution in [3.05, 3.63) is 40.6 Å². The summed E-state index contributed by atoms with van der Waals surface area (Å²) >= 11 is 0. The molecule has 0 aliphatic heterocycles. The van der Waals surface area contributed by atoms with Crippen LogP contribution in [-0.4, -0.2) is 27.5 Å². The van der Waals surface area contributed by atoms with Gasteiger partial charge in [0.2, 0.25) is 5.75 Å². The molecular weight excluding hydrogens is 291 g/mol. The van der Waals surface area contributed by atoms with Crippen LogP contribution in [0.3, 0.4) is 0 Å². The van der Waals surface area contributed by atoms with E-state index in [1.165, 1.54) is 22.9 Å². The van der Waals surface area contributed by atoms with E-state index < -0.39 is 29.1 Å². The van der Waals surface area contributed by atoms with Crippen molar-refractivity contribution in [1.29, 1.82) is 0 Å². The maximum absolute atomic E-state index is 12.3. The number of benzene rings is 1. The van der Waals surface area contributed by atoms with Crippen molar-refractivity contribution >= 4 is 5.69 Å². The van der Waals surface area contributed by atoms with Crippen molar-refractivity contribution in [3.63, 3.8) is 0 Å². The van der Waals surface area contributed by atoms with Crippen LogP contribution >= 0.6 is 0 Å². The number of rotatable bonds is 4. The Labute approximate surface area is 116 Å². The van der Waals surface area contributed by atoms with Crippen molar-refractivity contribution < 1.29 is 22.8 Å². The summed E-state index contributed by atoms with van der Waals surface area (Å²) in [4.78, 5) is 10.2. The molecule has 1 heterocycles. The summed E-state index contributed by atoms with van der Waals surface area (Å²) in [5, 5.41) is 15.0. The van der Waals surface area contributed by atoms with Gasteiger partial charge in [0.25, 0.3) is 0 Å². The standard InChI is InChI=1S/C12H10F3N3O3/c1-17-6-5-9(16-17)8-3-2-4-10(18(19)20)11(8)21-7-12(13,14)15/h2-6H,7H2,1H3.